The van der Waals surface area contributed by atoms with Crippen LogP contribution in [0.5, 0.6) is 0 Å². The van der Waals surface area contributed by atoms with Crippen molar-refractivity contribution in [2.75, 3.05) is 25.0 Å². The fourth-order valence-corrected chi connectivity index (χ4v) is 4.16. The van der Waals surface area contributed by atoms with Gasteiger partial charge in [-0.15, -0.1) is 0 Å². The van der Waals surface area contributed by atoms with Crippen molar-refractivity contribution >= 4 is 17.5 Å². The Balaban J connectivity index is 1.65. The van der Waals surface area contributed by atoms with Crippen molar-refractivity contribution in [3.8, 4) is 0 Å². The van der Waals surface area contributed by atoms with E-state index in [0.29, 0.717) is 12.1 Å². The highest BCUT2D eigenvalue weighted by Gasteiger charge is 2.53. The van der Waals surface area contributed by atoms with Crippen LogP contribution in [0.4, 0.5) is 5.69 Å². The molecule has 0 bridgehead atoms. The average molecular weight is 351 g/mol. The number of likely N-dealkylation sites (N-methyl/N-ethyl adjacent to an activating group) is 1. The maximum Gasteiger partial charge on any atom is 0.274 e. The van der Waals surface area contributed by atoms with Crippen LogP contribution in [0.2, 0.25) is 0 Å². The Morgan fingerprint density at radius 3 is 2.58 bits per heavy atom. The lowest BCUT2D eigenvalue weighted by Crippen LogP contribution is -2.41. The van der Waals surface area contributed by atoms with E-state index in [0.717, 1.165) is 36.3 Å². The highest BCUT2D eigenvalue weighted by atomic mass is 16.5. The molecule has 6 heteroatoms. The molecule has 1 saturated heterocycles. The molecule has 2 N–H and O–H groups in total. The number of amides is 2. The van der Waals surface area contributed by atoms with Crippen LogP contribution in [-0.2, 0) is 16.8 Å². The molecule has 1 spiro atoms. The maximum absolute atomic E-state index is 13.4. The lowest BCUT2D eigenvalue weighted by molar-refractivity contribution is -0.122. The summed E-state index contributed by atoms with van der Waals surface area (Å²) in [5, 5.41) is 8.71. The summed E-state index contributed by atoms with van der Waals surface area (Å²) in [5.41, 5.74) is 4.58. The Hall–Kier alpha value is -2.70. The molecule has 0 aromatic heterocycles. The zero-order valence-electron chi connectivity index (χ0n) is 14.6. The summed E-state index contributed by atoms with van der Waals surface area (Å²) in [6.07, 6.45) is 0.839. The molecule has 6 nitrogen and oxygen atoms in total. The van der Waals surface area contributed by atoms with E-state index < -0.39 is 11.3 Å². The zero-order chi connectivity index (χ0) is 18.3. The second kappa shape index (κ2) is 6.23. The Morgan fingerprint density at radius 2 is 1.92 bits per heavy atom. The second-order valence-corrected chi connectivity index (χ2v) is 7.12. The molecule has 1 unspecified atom stereocenters. The number of nitrogens with one attached hydrogen (secondary N) is 1. The van der Waals surface area contributed by atoms with E-state index >= 15 is 0 Å². The monoisotopic (exact) mass is 351 g/mol. The third-order valence-corrected chi connectivity index (χ3v) is 5.48. The first-order valence-electron chi connectivity index (χ1n) is 8.68. The molecule has 2 aromatic rings. The molecule has 1 atom stereocenters. The van der Waals surface area contributed by atoms with E-state index in [-0.39, 0.29) is 5.91 Å². The van der Waals surface area contributed by atoms with Crippen LogP contribution in [0, 0.1) is 0 Å². The van der Waals surface area contributed by atoms with Gasteiger partial charge in [0, 0.05) is 17.8 Å². The van der Waals surface area contributed by atoms with Gasteiger partial charge in [0.15, 0.2) is 0 Å². The van der Waals surface area contributed by atoms with E-state index in [1.165, 1.54) is 0 Å². The summed E-state index contributed by atoms with van der Waals surface area (Å²) in [5.74, 6) is -0.396. The minimum Gasteiger partial charge on any atom is -0.307 e. The van der Waals surface area contributed by atoms with Gasteiger partial charge in [0.1, 0.15) is 0 Å². The SMILES string of the molecule is CN1CCC2(C1)C(=O)N(Cc1ccc(C(=O)NO)cc1)c1ccccc12. The van der Waals surface area contributed by atoms with E-state index in [9.17, 15) is 9.59 Å². The zero-order valence-corrected chi connectivity index (χ0v) is 14.6. The van der Waals surface area contributed by atoms with E-state index in [1.807, 2.05) is 35.2 Å². The van der Waals surface area contributed by atoms with E-state index in [1.54, 1.807) is 17.6 Å². The summed E-state index contributed by atoms with van der Waals surface area (Å²) >= 11 is 0. The first kappa shape index (κ1) is 16.8. The summed E-state index contributed by atoms with van der Waals surface area (Å²) in [6, 6.07) is 15.0. The lowest BCUT2D eigenvalue weighted by Gasteiger charge is -2.24. The van der Waals surface area contributed by atoms with Gasteiger partial charge >= 0.3 is 0 Å². The van der Waals surface area contributed by atoms with Crippen molar-refractivity contribution < 1.29 is 14.8 Å². The average Bonchev–Trinajstić information content (AvgIpc) is 3.17. The largest absolute Gasteiger partial charge is 0.307 e. The predicted molar refractivity (Wildman–Crippen MR) is 97.1 cm³/mol. The number of carbonyl (C=O) groups excluding carboxylic acids is 2. The standard InChI is InChI=1S/C20H21N3O3/c1-22-11-10-20(13-22)16-4-2-3-5-17(16)23(19(20)25)12-14-6-8-15(9-7-14)18(24)21-26/h2-9,26H,10-13H2,1H3,(H,21,24). The van der Waals surface area contributed by atoms with Gasteiger partial charge in [0.25, 0.3) is 5.91 Å². The number of hydrogen-bond acceptors (Lipinski definition) is 4. The fraction of sp³-hybridized carbons (Fsp3) is 0.300. The minimum absolute atomic E-state index is 0.153. The number of carbonyl (C=O) groups is 2. The molecule has 0 radical (unpaired) electrons. The number of likely N-dealkylation sites (tertiary alicyclic amines) is 1. The van der Waals surface area contributed by atoms with Gasteiger partial charge in [-0.3, -0.25) is 14.8 Å². The Kier molecular flexibility index (Phi) is 4.01. The molecule has 26 heavy (non-hydrogen) atoms. The number of benzene rings is 2. The van der Waals surface area contributed by atoms with Crippen molar-refractivity contribution in [2.24, 2.45) is 0 Å². The molecule has 2 amide bonds. The number of anilines is 1. The van der Waals surface area contributed by atoms with Crippen molar-refractivity contribution in [2.45, 2.75) is 18.4 Å². The normalized spacial score (nSPS) is 22.1. The van der Waals surface area contributed by atoms with Crippen LogP contribution in [0.1, 0.15) is 27.9 Å². The van der Waals surface area contributed by atoms with Crippen molar-refractivity contribution in [3.05, 3.63) is 65.2 Å². The molecule has 2 aliphatic heterocycles. The molecule has 1 fully saturated rings. The summed E-state index contributed by atoms with van der Waals surface area (Å²) in [7, 11) is 2.05. The smallest absolute Gasteiger partial charge is 0.274 e. The topological polar surface area (TPSA) is 72.9 Å². The molecule has 0 saturated carbocycles. The highest BCUT2D eigenvalue weighted by Crippen LogP contribution is 2.47. The van der Waals surface area contributed by atoms with Gasteiger partial charge in [-0.1, -0.05) is 30.3 Å². The number of rotatable bonds is 3. The fourth-order valence-electron chi connectivity index (χ4n) is 4.16. The molecule has 0 aliphatic carbocycles. The third kappa shape index (κ3) is 2.50. The van der Waals surface area contributed by atoms with Gasteiger partial charge in [0.05, 0.1) is 12.0 Å². The Bertz CT molecular complexity index is 865. The number of fused-ring (bicyclic) bond motifs is 2. The van der Waals surface area contributed by atoms with Crippen LogP contribution < -0.4 is 10.4 Å². The molecule has 2 aromatic carbocycles. The molecule has 134 valence electrons. The molecular weight excluding hydrogens is 330 g/mol. The summed E-state index contributed by atoms with van der Waals surface area (Å²) in [6.45, 7) is 2.12. The number of hydrogen-bond donors (Lipinski definition) is 2. The van der Waals surface area contributed by atoms with E-state index in [2.05, 4.69) is 18.0 Å². The van der Waals surface area contributed by atoms with Crippen LogP contribution in [-0.4, -0.2) is 42.1 Å². The first-order valence-corrected chi connectivity index (χ1v) is 8.68. The molecular formula is C20H21N3O3. The number of para-hydroxylation sites is 1. The van der Waals surface area contributed by atoms with Crippen LogP contribution in [0.25, 0.3) is 0 Å². The molecule has 4 rings (SSSR count). The van der Waals surface area contributed by atoms with Crippen molar-refractivity contribution in [1.82, 2.24) is 10.4 Å². The van der Waals surface area contributed by atoms with Crippen molar-refractivity contribution in [3.63, 3.8) is 0 Å². The Labute approximate surface area is 152 Å². The summed E-state index contributed by atoms with van der Waals surface area (Å²) in [4.78, 5) is 28.9. The van der Waals surface area contributed by atoms with Gasteiger partial charge < -0.3 is 9.80 Å². The van der Waals surface area contributed by atoms with Gasteiger partial charge in [-0.2, -0.15) is 0 Å². The third-order valence-electron chi connectivity index (χ3n) is 5.48. The van der Waals surface area contributed by atoms with Crippen LogP contribution in [0.15, 0.2) is 48.5 Å². The lowest BCUT2D eigenvalue weighted by atomic mass is 9.81. The Morgan fingerprint density at radius 1 is 1.19 bits per heavy atom. The number of hydroxylamine groups is 1. The quantitative estimate of drug-likeness (QED) is 0.655. The predicted octanol–water partition coefficient (Wildman–Crippen LogP) is 1.93. The maximum atomic E-state index is 13.4. The van der Waals surface area contributed by atoms with E-state index in [4.69, 9.17) is 5.21 Å². The number of nitrogens with zero attached hydrogens (tertiary/aromatic N) is 2. The highest BCUT2D eigenvalue weighted by molar-refractivity contribution is 6.08. The van der Waals surface area contributed by atoms with Crippen molar-refractivity contribution in [1.29, 1.82) is 0 Å². The van der Waals surface area contributed by atoms with Gasteiger partial charge in [0.2, 0.25) is 5.91 Å². The second-order valence-electron chi connectivity index (χ2n) is 7.12. The van der Waals surface area contributed by atoms with Crippen LogP contribution in [0.3, 0.4) is 0 Å². The summed E-state index contributed by atoms with van der Waals surface area (Å²) < 4.78 is 0. The van der Waals surface area contributed by atoms with Gasteiger partial charge in [-0.25, -0.2) is 5.48 Å². The van der Waals surface area contributed by atoms with Crippen LogP contribution >= 0.6 is 0 Å². The minimum atomic E-state index is -0.549. The molecule has 2 aliphatic rings. The first-order chi connectivity index (χ1) is 12.5. The molecule has 2 heterocycles. The van der Waals surface area contributed by atoms with Gasteiger partial charge in [-0.05, 0) is 49.3 Å².